The van der Waals surface area contributed by atoms with Crippen LogP contribution >= 0.6 is 0 Å². The number of nitrogens with one attached hydrogen (secondary N) is 1. The van der Waals surface area contributed by atoms with Gasteiger partial charge in [-0.25, -0.2) is 0 Å². The summed E-state index contributed by atoms with van der Waals surface area (Å²) in [7, 11) is 0. The number of rotatable bonds is 5. The van der Waals surface area contributed by atoms with E-state index in [0.29, 0.717) is 18.7 Å². The number of primary amides is 1. The number of carbonyl (C=O) groups excluding carboxylic acids is 3. The zero-order chi connectivity index (χ0) is 21.1. The average molecular weight is 403 g/mol. The van der Waals surface area contributed by atoms with Gasteiger partial charge in [0, 0.05) is 18.7 Å². The molecule has 1 aliphatic rings. The van der Waals surface area contributed by atoms with E-state index in [9.17, 15) is 14.4 Å². The van der Waals surface area contributed by atoms with E-state index in [-0.39, 0.29) is 24.0 Å². The van der Waals surface area contributed by atoms with Crippen molar-refractivity contribution < 1.29 is 18.8 Å². The lowest BCUT2D eigenvalue weighted by Crippen LogP contribution is -2.50. The molecule has 7 heteroatoms. The quantitative estimate of drug-likeness (QED) is 0.683. The van der Waals surface area contributed by atoms with Crippen LogP contribution in [0, 0.1) is 0 Å². The third-order valence-electron chi connectivity index (χ3n) is 5.14. The van der Waals surface area contributed by atoms with Crippen molar-refractivity contribution in [1.82, 2.24) is 4.90 Å². The number of benzene rings is 2. The van der Waals surface area contributed by atoms with Gasteiger partial charge in [0.25, 0.3) is 5.91 Å². The molecule has 0 spiro atoms. The van der Waals surface area contributed by atoms with Crippen molar-refractivity contribution in [3.05, 3.63) is 89.4 Å². The molecule has 4 rings (SSSR count). The number of fused-ring (bicyclic) bond motifs is 1. The van der Waals surface area contributed by atoms with E-state index in [2.05, 4.69) is 5.32 Å². The molecule has 3 amide bonds. The summed E-state index contributed by atoms with van der Waals surface area (Å²) in [5, 5.41) is 2.87. The van der Waals surface area contributed by atoms with Crippen LogP contribution in [0.25, 0.3) is 0 Å². The maximum atomic E-state index is 13.1. The number of hydrogen-bond acceptors (Lipinski definition) is 4. The van der Waals surface area contributed by atoms with E-state index in [0.717, 1.165) is 16.7 Å². The molecule has 30 heavy (non-hydrogen) atoms. The smallest absolute Gasteiger partial charge is 0.290 e. The molecular formula is C23H21N3O4. The van der Waals surface area contributed by atoms with E-state index in [4.69, 9.17) is 10.2 Å². The van der Waals surface area contributed by atoms with Gasteiger partial charge in [-0.3, -0.25) is 14.4 Å². The number of hydrogen-bond donors (Lipinski definition) is 2. The van der Waals surface area contributed by atoms with Gasteiger partial charge in [-0.2, -0.15) is 0 Å². The Hall–Kier alpha value is -3.87. The summed E-state index contributed by atoms with van der Waals surface area (Å²) in [4.78, 5) is 38.7. The van der Waals surface area contributed by atoms with Crippen molar-refractivity contribution in [2.75, 3.05) is 5.32 Å². The van der Waals surface area contributed by atoms with Crippen LogP contribution in [0.15, 0.2) is 71.3 Å². The highest BCUT2D eigenvalue weighted by atomic mass is 16.3. The van der Waals surface area contributed by atoms with Gasteiger partial charge in [0.1, 0.15) is 6.04 Å². The second-order valence-corrected chi connectivity index (χ2v) is 7.23. The molecule has 0 saturated carbocycles. The first kappa shape index (κ1) is 19.4. The summed E-state index contributed by atoms with van der Waals surface area (Å²) >= 11 is 0. The van der Waals surface area contributed by atoms with E-state index >= 15 is 0 Å². The summed E-state index contributed by atoms with van der Waals surface area (Å²) in [5.41, 5.74) is 8.61. The Kier molecular flexibility index (Phi) is 5.34. The Bertz CT molecular complexity index is 1070. The van der Waals surface area contributed by atoms with Crippen molar-refractivity contribution in [1.29, 1.82) is 0 Å². The highest BCUT2D eigenvalue weighted by Crippen LogP contribution is 2.26. The van der Waals surface area contributed by atoms with Crippen molar-refractivity contribution >= 4 is 23.4 Å². The van der Waals surface area contributed by atoms with E-state index < -0.39 is 11.9 Å². The monoisotopic (exact) mass is 403 g/mol. The second kappa shape index (κ2) is 8.24. The van der Waals surface area contributed by atoms with Crippen LogP contribution in [-0.2, 0) is 29.0 Å². The van der Waals surface area contributed by atoms with Crippen LogP contribution in [0.1, 0.15) is 27.2 Å². The predicted molar refractivity (Wildman–Crippen MR) is 110 cm³/mol. The summed E-state index contributed by atoms with van der Waals surface area (Å²) in [6.45, 7) is 0.325. The highest BCUT2D eigenvalue weighted by Gasteiger charge is 2.36. The standard InChI is InChI=1S/C23H21N3O4/c24-21(27)12-15-7-9-18(10-8-15)25-22(28)19-13-16-4-1-2-5-17(16)14-26(19)23(29)20-6-3-11-30-20/h1-11,19H,12-14H2,(H2,24,27)(H,25,28)/t19-/m1/s1. The molecule has 2 aromatic carbocycles. The zero-order valence-electron chi connectivity index (χ0n) is 16.2. The first-order chi connectivity index (χ1) is 14.5. The lowest BCUT2D eigenvalue weighted by molar-refractivity contribution is -0.121. The molecule has 152 valence electrons. The molecule has 0 fully saturated rings. The van der Waals surface area contributed by atoms with Gasteiger partial charge >= 0.3 is 0 Å². The van der Waals surface area contributed by atoms with E-state index in [1.807, 2.05) is 24.3 Å². The lowest BCUT2D eigenvalue weighted by Gasteiger charge is -2.35. The van der Waals surface area contributed by atoms with Crippen LogP contribution < -0.4 is 11.1 Å². The maximum Gasteiger partial charge on any atom is 0.290 e. The molecule has 3 aromatic rings. The zero-order valence-corrected chi connectivity index (χ0v) is 16.2. The minimum Gasteiger partial charge on any atom is -0.459 e. The minimum atomic E-state index is -0.678. The lowest BCUT2D eigenvalue weighted by atomic mass is 9.93. The Morgan fingerprint density at radius 1 is 1.00 bits per heavy atom. The molecule has 7 nitrogen and oxygen atoms in total. The third-order valence-corrected chi connectivity index (χ3v) is 5.14. The number of carbonyl (C=O) groups is 3. The number of amides is 3. The maximum absolute atomic E-state index is 13.1. The fraction of sp³-hybridized carbons (Fsp3) is 0.174. The first-order valence-corrected chi connectivity index (χ1v) is 9.60. The molecule has 3 N–H and O–H groups in total. The summed E-state index contributed by atoms with van der Waals surface area (Å²) in [5.74, 6) is -0.832. The molecule has 2 heterocycles. The van der Waals surface area contributed by atoms with Crippen molar-refractivity contribution in [3.63, 3.8) is 0 Å². The largest absolute Gasteiger partial charge is 0.459 e. The van der Waals surface area contributed by atoms with Crippen LogP contribution in [-0.4, -0.2) is 28.7 Å². The number of anilines is 1. The second-order valence-electron chi connectivity index (χ2n) is 7.23. The van der Waals surface area contributed by atoms with Crippen molar-refractivity contribution in [2.24, 2.45) is 5.73 Å². The topological polar surface area (TPSA) is 106 Å². The fourth-order valence-corrected chi connectivity index (χ4v) is 3.65. The fourth-order valence-electron chi connectivity index (χ4n) is 3.65. The first-order valence-electron chi connectivity index (χ1n) is 9.60. The molecular weight excluding hydrogens is 382 g/mol. The van der Waals surface area contributed by atoms with Gasteiger partial charge in [-0.05, 0) is 41.0 Å². The Morgan fingerprint density at radius 2 is 1.73 bits per heavy atom. The molecule has 1 atom stereocenters. The number of furan rings is 1. The van der Waals surface area contributed by atoms with Crippen LogP contribution in [0.3, 0.4) is 0 Å². The van der Waals surface area contributed by atoms with Crippen molar-refractivity contribution in [3.8, 4) is 0 Å². The Labute approximate surface area is 173 Å². The molecule has 0 unspecified atom stereocenters. The number of nitrogens with zero attached hydrogens (tertiary/aromatic N) is 1. The van der Waals surface area contributed by atoms with E-state index in [1.54, 1.807) is 36.4 Å². The SMILES string of the molecule is NC(=O)Cc1ccc(NC(=O)[C@H]2Cc3ccccc3CN2C(=O)c2ccco2)cc1. The minimum absolute atomic E-state index is 0.138. The third kappa shape index (κ3) is 4.10. The van der Waals surface area contributed by atoms with Crippen LogP contribution in [0.2, 0.25) is 0 Å². The molecule has 1 aromatic heterocycles. The molecule has 0 bridgehead atoms. The normalized spacial score (nSPS) is 15.3. The summed E-state index contributed by atoms with van der Waals surface area (Å²) in [6, 6.07) is 17.2. The van der Waals surface area contributed by atoms with Gasteiger partial charge < -0.3 is 20.4 Å². The predicted octanol–water partition coefficient (Wildman–Crippen LogP) is 2.51. The van der Waals surface area contributed by atoms with Gasteiger partial charge in [0.15, 0.2) is 5.76 Å². The van der Waals surface area contributed by atoms with Crippen LogP contribution in [0.4, 0.5) is 5.69 Å². The van der Waals surface area contributed by atoms with Gasteiger partial charge in [-0.1, -0.05) is 36.4 Å². The molecule has 0 radical (unpaired) electrons. The molecule has 0 saturated heterocycles. The van der Waals surface area contributed by atoms with Gasteiger partial charge in [0.2, 0.25) is 11.8 Å². The molecule has 1 aliphatic heterocycles. The Morgan fingerprint density at radius 3 is 2.40 bits per heavy atom. The molecule has 0 aliphatic carbocycles. The van der Waals surface area contributed by atoms with Gasteiger partial charge in [0.05, 0.1) is 12.7 Å². The van der Waals surface area contributed by atoms with Crippen molar-refractivity contribution in [2.45, 2.75) is 25.4 Å². The van der Waals surface area contributed by atoms with Crippen LogP contribution in [0.5, 0.6) is 0 Å². The summed E-state index contributed by atoms with van der Waals surface area (Å²) < 4.78 is 5.27. The Balaban J connectivity index is 1.56. The average Bonchev–Trinajstić information content (AvgIpc) is 3.28. The van der Waals surface area contributed by atoms with Gasteiger partial charge in [-0.15, -0.1) is 0 Å². The van der Waals surface area contributed by atoms with E-state index in [1.165, 1.54) is 11.2 Å². The summed E-state index contributed by atoms with van der Waals surface area (Å²) in [6.07, 6.45) is 1.99. The number of nitrogens with two attached hydrogens (primary N) is 1. The highest BCUT2D eigenvalue weighted by molar-refractivity contribution is 6.00.